The van der Waals surface area contributed by atoms with Crippen LogP contribution >= 0.6 is 23.2 Å². The zero-order valence-electron chi connectivity index (χ0n) is 12.6. The number of halogens is 2. The van der Waals surface area contributed by atoms with E-state index in [0.717, 1.165) is 5.56 Å². The molecule has 0 fully saturated rings. The lowest BCUT2D eigenvalue weighted by Gasteiger charge is -2.10. The first-order valence-electron chi connectivity index (χ1n) is 6.95. The smallest absolute Gasteiger partial charge is 0.309 e. The Morgan fingerprint density at radius 2 is 1.78 bits per heavy atom. The number of hydrogen-bond acceptors (Lipinski definition) is 4. The second-order valence-electron chi connectivity index (χ2n) is 4.66. The van der Waals surface area contributed by atoms with Crippen molar-refractivity contribution in [2.24, 2.45) is 0 Å². The van der Waals surface area contributed by atoms with Gasteiger partial charge in [0.25, 0.3) is 0 Å². The SMILES string of the molecule is COc1ccccc1OCCC(=O)OCc1ccc(Cl)c(Cl)c1. The van der Waals surface area contributed by atoms with Crippen LogP contribution in [0.4, 0.5) is 0 Å². The van der Waals surface area contributed by atoms with Crippen LogP contribution in [0.25, 0.3) is 0 Å². The number of methoxy groups -OCH3 is 1. The van der Waals surface area contributed by atoms with E-state index in [-0.39, 0.29) is 25.6 Å². The van der Waals surface area contributed by atoms with Crippen LogP contribution in [0.1, 0.15) is 12.0 Å². The molecule has 0 saturated carbocycles. The van der Waals surface area contributed by atoms with Gasteiger partial charge in [-0.3, -0.25) is 4.79 Å². The minimum absolute atomic E-state index is 0.138. The number of carbonyl (C=O) groups excluding carboxylic acids is 1. The van der Waals surface area contributed by atoms with Crippen LogP contribution < -0.4 is 9.47 Å². The van der Waals surface area contributed by atoms with Crippen LogP contribution in [0.3, 0.4) is 0 Å². The van der Waals surface area contributed by atoms with Crippen molar-refractivity contribution in [1.82, 2.24) is 0 Å². The van der Waals surface area contributed by atoms with Crippen LogP contribution in [-0.2, 0) is 16.1 Å². The van der Waals surface area contributed by atoms with Gasteiger partial charge in [0.1, 0.15) is 6.61 Å². The molecule has 0 N–H and O–H groups in total. The van der Waals surface area contributed by atoms with Gasteiger partial charge >= 0.3 is 5.97 Å². The highest BCUT2D eigenvalue weighted by Crippen LogP contribution is 2.26. The number of benzene rings is 2. The zero-order valence-corrected chi connectivity index (χ0v) is 14.1. The van der Waals surface area contributed by atoms with Gasteiger partial charge in [-0.2, -0.15) is 0 Å². The van der Waals surface area contributed by atoms with Crippen molar-refractivity contribution in [3.8, 4) is 11.5 Å². The minimum Gasteiger partial charge on any atom is -0.493 e. The molecule has 0 aromatic heterocycles. The van der Waals surface area contributed by atoms with E-state index >= 15 is 0 Å². The monoisotopic (exact) mass is 354 g/mol. The zero-order chi connectivity index (χ0) is 16.7. The Balaban J connectivity index is 1.76. The highest BCUT2D eigenvalue weighted by atomic mass is 35.5. The van der Waals surface area contributed by atoms with Crippen molar-refractivity contribution in [3.63, 3.8) is 0 Å². The predicted octanol–water partition coefficient (Wildman–Crippen LogP) is 4.51. The van der Waals surface area contributed by atoms with Crippen LogP contribution in [0.15, 0.2) is 42.5 Å². The van der Waals surface area contributed by atoms with E-state index in [4.69, 9.17) is 37.4 Å². The first-order chi connectivity index (χ1) is 11.1. The van der Waals surface area contributed by atoms with Gasteiger partial charge in [-0.15, -0.1) is 0 Å². The third kappa shape index (κ3) is 5.34. The Labute approximate surface area is 144 Å². The second-order valence-corrected chi connectivity index (χ2v) is 5.47. The first kappa shape index (κ1) is 17.4. The molecule has 2 aromatic carbocycles. The summed E-state index contributed by atoms with van der Waals surface area (Å²) in [6.07, 6.45) is 0.138. The molecule has 0 spiro atoms. The molecule has 6 heteroatoms. The summed E-state index contributed by atoms with van der Waals surface area (Å²) in [5, 5.41) is 0.895. The molecule has 0 atom stereocenters. The van der Waals surface area contributed by atoms with E-state index in [1.165, 1.54) is 0 Å². The summed E-state index contributed by atoms with van der Waals surface area (Å²) in [6, 6.07) is 12.3. The quantitative estimate of drug-likeness (QED) is 0.686. The summed E-state index contributed by atoms with van der Waals surface area (Å²) in [5.74, 6) is 0.856. The number of carbonyl (C=O) groups is 1. The van der Waals surface area contributed by atoms with Crippen LogP contribution in [-0.4, -0.2) is 19.7 Å². The van der Waals surface area contributed by atoms with Gasteiger partial charge in [0.2, 0.25) is 0 Å². The van der Waals surface area contributed by atoms with Gasteiger partial charge in [-0.1, -0.05) is 41.4 Å². The molecule has 2 rings (SSSR count). The van der Waals surface area contributed by atoms with E-state index in [9.17, 15) is 4.79 Å². The van der Waals surface area contributed by atoms with E-state index in [0.29, 0.717) is 21.5 Å². The third-order valence-electron chi connectivity index (χ3n) is 3.02. The molecule has 23 heavy (non-hydrogen) atoms. The maximum Gasteiger partial charge on any atom is 0.309 e. The van der Waals surface area contributed by atoms with Gasteiger partial charge in [0.05, 0.1) is 30.2 Å². The van der Waals surface area contributed by atoms with Gasteiger partial charge in [-0.25, -0.2) is 0 Å². The molecular formula is C17H16Cl2O4. The Bertz CT molecular complexity index is 673. The van der Waals surface area contributed by atoms with Gasteiger partial charge < -0.3 is 14.2 Å². The van der Waals surface area contributed by atoms with E-state index in [2.05, 4.69) is 0 Å². The van der Waals surface area contributed by atoms with E-state index in [1.54, 1.807) is 37.4 Å². The third-order valence-corrected chi connectivity index (χ3v) is 3.76. The number of rotatable bonds is 7. The molecular weight excluding hydrogens is 339 g/mol. The lowest BCUT2D eigenvalue weighted by Crippen LogP contribution is -2.10. The normalized spacial score (nSPS) is 10.2. The largest absolute Gasteiger partial charge is 0.493 e. The maximum absolute atomic E-state index is 11.7. The van der Waals surface area contributed by atoms with Crippen LogP contribution in [0.2, 0.25) is 10.0 Å². The number of ether oxygens (including phenoxy) is 3. The number of hydrogen-bond donors (Lipinski definition) is 0. The van der Waals surface area contributed by atoms with Gasteiger partial charge in [0.15, 0.2) is 11.5 Å². The molecule has 4 nitrogen and oxygen atoms in total. The molecule has 0 saturated heterocycles. The molecule has 0 aliphatic carbocycles. The molecule has 0 aliphatic heterocycles. The van der Waals surface area contributed by atoms with Crippen molar-refractivity contribution >= 4 is 29.2 Å². The molecule has 2 aromatic rings. The molecule has 122 valence electrons. The Morgan fingerprint density at radius 1 is 1.04 bits per heavy atom. The molecule has 0 heterocycles. The molecule has 0 radical (unpaired) electrons. The standard InChI is InChI=1S/C17H16Cl2O4/c1-21-15-4-2-3-5-16(15)22-9-8-17(20)23-11-12-6-7-13(18)14(19)10-12/h2-7,10H,8-9,11H2,1H3. The summed E-state index contributed by atoms with van der Waals surface area (Å²) in [6.45, 7) is 0.352. The Kier molecular flexibility index (Phi) is 6.56. The fraction of sp³-hybridized carbons (Fsp3) is 0.235. The van der Waals surface area contributed by atoms with Crippen LogP contribution in [0, 0.1) is 0 Å². The molecule has 0 aliphatic rings. The summed E-state index contributed by atoms with van der Waals surface area (Å²) in [4.78, 5) is 11.7. The topological polar surface area (TPSA) is 44.8 Å². The average Bonchev–Trinajstić information content (AvgIpc) is 2.56. The Hall–Kier alpha value is -1.91. The van der Waals surface area contributed by atoms with Crippen LogP contribution in [0.5, 0.6) is 11.5 Å². The van der Waals surface area contributed by atoms with Gasteiger partial charge in [-0.05, 0) is 29.8 Å². The summed E-state index contributed by atoms with van der Waals surface area (Å²) in [5.41, 5.74) is 0.776. The number of para-hydroxylation sites is 2. The first-order valence-corrected chi connectivity index (χ1v) is 7.71. The van der Waals surface area contributed by atoms with Crippen molar-refractivity contribution in [3.05, 3.63) is 58.1 Å². The summed E-state index contributed by atoms with van der Waals surface area (Å²) in [7, 11) is 1.56. The highest BCUT2D eigenvalue weighted by Gasteiger charge is 2.07. The second kappa shape index (κ2) is 8.65. The lowest BCUT2D eigenvalue weighted by atomic mass is 10.2. The maximum atomic E-state index is 11.7. The molecule has 0 unspecified atom stereocenters. The van der Waals surface area contributed by atoms with Crippen molar-refractivity contribution in [2.45, 2.75) is 13.0 Å². The lowest BCUT2D eigenvalue weighted by molar-refractivity contribution is -0.145. The molecule has 0 bridgehead atoms. The molecule has 0 amide bonds. The van der Waals surface area contributed by atoms with Crippen molar-refractivity contribution in [2.75, 3.05) is 13.7 Å². The fourth-order valence-electron chi connectivity index (χ4n) is 1.85. The van der Waals surface area contributed by atoms with E-state index in [1.807, 2.05) is 12.1 Å². The Morgan fingerprint density at radius 3 is 2.48 bits per heavy atom. The fourth-order valence-corrected chi connectivity index (χ4v) is 2.17. The van der Waals surface area contributed by atoms with E-state index < -0.39 is 0 Å². The predicted molar refractivity (Wildman–Crippen MR) is 89.4 cm³/mol. The average molecular weight is 355 g/mol. The summed E-state index contributed by atoms with van der Waals surface area (Å²) < 4.78 is 15.9. The van der Waals surface area contributed by atoms with Gasteiger partial charge in [0, 0.05) is 0 Å². The minimum atomic E-state index is -0.356. The highest BCUT2D eigenvalue weighted by molar-refractivity contribution is 6.42. The van der Waals surface area contributed by atoms with Crippen molar-refractivity contribution in [1.29, 1.82) is 0 Å². The van der Waals surface area contributed by atoms with Crippen molar-refractivity contribution < 1.29 is 19.0 Å². The number of esters is 1. The summed E-state index contributed by atoms with van der Waals surface area (Å²) >= 11 is 11.7.